The average Bonchev–Trinajstić information content (AvgIpc) is 2.37. The zero-order chi connectivity index (χ0) is 8.77. The Morgan fingerprint density at radius 3 is 2.67 bits per heavy atom. The molecule has 2 rings (SSSR count). The lowest BCUT2D eigenvalue weighted by Gasteiger charge is -2.17. The van der Waals surface area contributed by atoms with Gasteiger partial charge in [-0.25, -0.2) is 0 Å². The van der Waals surface area contributed by atoms with Crippen molar-refractivity contribution in [3.63, 3.8) is 0 Å². The minimum atomic E-state index is -3.80. The van der Waals surface area contributed by atoms with Gasteiger partial charge < -0.3 is 0 Å². The van der Waals surface area contributed by atoms with E-state index < -0.39 is 15.4 Å². The molecule has 0 saturated carbocycles. The van der Waals surface area contributed by atoms with Crippen LogP contribution < -0.4 is 0 Å². The molecule has 0 amide bonds. The van der Waals surface area contributed by atoms with Crippen molar-refractivity contribution in [3.8, 4) is 0 Å². The van der Waals surface area contributed by atoms with Gasteiger partial charge in [0.15, 0.2) is 0 Å². The van der Waals surface area contributed by atoms with Crippen molar-refractivity contribution in [1.82, 2.24) is 4.90 Å². The molecule has 0 bridgehead atoms. The molecule has 2 unspecified atom stereocenters. The molecule has 2 atom stereocenters. The van der Waals surface area contributed by atoms with E-state index in [2.05, 4.69) is 4.90 Å². The predicted molar refractivity (Wildman–Crippen MR) is 44.5 cm³/mol. The van der Waals surface area contributed by atoms with Crippen molar-refractivity contribution in [2.75, 3.05) is 13.1 Å². The quantitative estimate of drug-likeness (QED) is 0.598. The fourth-order valence-electron chi connectivity index (χ4n) is 2.38. The third-order valence-corrected chi connectivity index (χ3v) is 4.24. The third-order valence-electron chi connectivity index (χ3n) is 2.93. The molecule has 0 aromatic heterocycles. The van der Waals surface area contributed by atoms with Crippen molar-refractivity contribution in [2.45, 2.75) is 30.6 Å². The van der Waals surface area contributed by atoms with Crippen molar-refractivity contribution >= 4 is 10.1 Å². The van der Waals surface area contributed by atoms with Crippen molar-refractivity contribution in [2.24, 2.45) is 0 Å². The van der Waals surface area contributed by atoms with Gasteiger partial charge in [-0.15, -0.1) is 0 Å². The molecule has 0 aromatic carbocycles. The molecule has 12 heavy (non-hydrogen) atoms. The average molecular weight is 191 g/mol. The van der Waals surface area contributed by atoms with E-state index in [1.807, 2.05) is 0 Å². The second-order valence-corrected chi connectivity index (χ2v) is 5.22. The summed E-state index contributed by atoms with van der Waals surface area (Å²) in [5, 5.41) is -0.514. The van der Waals surface area contributed by atoms with E-state index in [-0.39, 0.29) is 6.04 Å². The molecule has 2 aliphatic rings. The molecule has 1 N–H and O–H groups in total. The van der Waals surface area contributed by atoms with Gasteiger partial charge in [-0.2, -0.15) is 8.42 Å². The first-order valence-electron chi connectivity index (χ1n) is 4.29. The van der Waals surface area contributed by atoms with Crippen LogP contribution >= 0.6 is 0 Å². The summed E-state index contributed by atoms with van der Waals surface area (Å²) < 4.78 is 30.7. The summed E-state index contributed by atoms with van der Waals surface area (Å²) in [5.41, 5.74) is 0. The standard InChI is InChI=1S/C7H13NO3S/c9-12(10,11)7-3-5-8-4-1-2-6(7)8/h6-7H,1-5H2,(H,9,10,11). The van der Waals surface area contributed by atoms with E-state index in [1.165, 1.54) is 0 Å². The van der Waals surface area contributed by atoms with Crippen LogP contribution in [0.2, 0.25) is 0 Å². The van der Waals surface area contributed by atoms with Crippen LogP contribution in [0.25, 0.3) is 0 Å². The van der Waals surface area contributed by atoms with Crippen LogP contribution in [0.1, 0.15) is 19.3 Å². The van der Waals surface area contributed by atoms with Gasteiger partial charge >= 0.3 is 0 Å². The lowest BCUT2D eigenvalue weighted by Crippen LogP contribution is -2.33. The lowest BCUT2D eigenvalue weighted by molar-refractivity contribution is 0.321. The largest absolute Gasteiger partial charge is 0.299 e. The van der Waals surface area contributed by atoms with Gasteiger partial charge in [0.25, 0.3) is 10.1 Å². The second-order valence-electron chi connectivity index (χ2n) is 3.59. The molecule has 2 aliphatic heterocycles. The van der Waals surface area contributed by atoms with E-state index >= 15 is 0 Å². The lowest BCUT2D eigenvalue weighted by atomic mass is 10.1. The highest BCUT2D eigenvalue weighted by atomic mass is 32.2. The third kappa shape index (κ3) is 1.26. The van der Waals surface area contributed by atoms with Gasteiger partial charge in [0, 0.05) is 6.04 Å². The van der Waals surface area contributed by atoms with Crippen LogP contribution in [-0.4, -0.2) is 42.3 Å². The van der Waals surface area contributed by atoms with Gasteiger partial charge in [-0.1, -0.05) is 0 Å². The maximum atomic E-state index is 10.9. The Labute approximate surface area is 72.3 Å². The molecule has 2 fully saturated rings. The van der Waals surface area contributed by atoms with Crippen LogP contribution in [0.15, 0.2) is 0 Å². The number of fused-ring (bicyclic) bond motifs is 1. The summed E-state index contributed by atoms with van der Waals surface area (Å²) in [6.07, 6.45) is 2.59. The van der Waals surface area contributed by atoms with Gasteiger partial charge in [0.1, 0.15) is 5.25 Å². The minimum absolute atomic E-state index is 0.0972. The summed E-state index contributed by atoms with van der Waals surface area (Å²) in [5.74, 6) is 0. The van der Waals surface area contributed by atoms with E-state index in [1.54, 1.807) is 0 Å². The highest BCUT2D eigenvalue weighted by Gasteiger charge is 2.43. The molecule has 2 saturated heterocycles. The molecule has 0 aromatic rings. The highest BCUT2D eigenvalue weighted by Crippen LogP contribution is 2.31. The Bertz CT molecular complexity index is 274. The summed E-state index contributed by atoms with van der Waals surface area (Å²) in [6.45, 7) is 1.83. The minimum Gasteiger partial charge on any atom is -0.299 e. The van der Waals surface area contributed by atoms with Gasteiger partial charge in [-0.3, -0.25) is 9.45 Å². The summed E-state index contributed by atoms with van der Waals surface area (Å²) in [7, 11) is -3.80. The smallest absolute Gasteiger partial charge is 0.269 e. The van der Waals surface area contributed by atoms with Crippen LogP contribution in [0, 0.1) is 0 Å². The SMILES string of the molecule is O=S(=O)(O)C1CCN2CCCC12. The van der Waals surface area contributed by atoms with E-state index in [0.717, 1.165) is 25.9 Å². The van der Waals surface area contributed by atoms with Crippen molar-refractivity contribution < 1.29 is 13.0 Å². The zero-order valence-electron chi connectivity index (χ0n) is 6.81. The highest BCUT2D eigenvalue weighted by molar-refractivity contribution is 7.86. The van der Waals surface area contributed by atoms with Crippen LogP contribution in [0.4, 0.5) is 0 Å². The Hall–Kier alpha value is -0.130. The molecule has 5 heteroatoms. The Morgan fingerprint density at radius 1 is 1.25 bits per heavy atom. The van der Waals surface area contributed by atoms with Gasteiger partial charge in [0.2, 0.25) is 0 Å². The second kappa shape index (κ2) is 2.68. The number of rotatable bonds is 1. The van der Waals surface area contributed by atoms with Crippen LogP contribution in [0.5, 0.6) is 0 Å². The normalized spacial score (nSPS) is 37.1. The van der Waals surface area contributed by atoms with Crippen molar-refractivity contribution in [1.29, 1.82) is 0 Å². The first-order chi connectivity index (χ1) is 5.59. The number of hydrogen-bond donors (Lipinski definition) is 1. The van der Waals surface area contributed by atoms with E-state index in [4.69, 9.17) is 4.55 Å². The van der Waals surface area contributed by atoms with Gasteiger partial charge in [0.05, 0.1) is 0 Å². The first kappa shape index (κ1) is 8.47. The molecule has 0 spiro atoms. The predicted octanol–water partition coefficient (Wildman–Crippen LogP) is 0.111. The van der Waals surface area contributed by atoms with E-state index in [9.17, 15) is 8.42 Å². The number of hydrogen-bond acceptors (Lipinski definition) is 3. The zero-order valence-corrected chi connectivity index (χ0v) is 7.63. The molecule has 2 heterocycles. The van der Waals surface area contributed by atoms with Crippen molar-refractivity contribution in [3.05, 3.63) is 0 Å². The maximum Gasteiger partial charge on any atom is 0.269 e. The molecular weight excluding hydrogens is 178 g/mol. The topological polar surface area (TPSA) is 57.6 Å². The number of nitrogens with zero attached hydrogens (tertiary/aromatic N) is 1. The monoisotopic (exact) mass is 191 g/mol. The molecular formula is C7H13NO3S. The summed E-state index contributed by atoms with van der Waals surface area (Å²) >= 11 is 0. The maximum absolute atomic E-state index is 10.9. The van der Waals surface area contributed by atoms with Crippen LogP contribution in [0.3, 0.4) is 0 Å². The summed E-state index contributed by atoms with van der Waals surface area (Å²) in [6, 6.07) is 0.0972. The van der Waals surface area contributed by atoms with E-state index in [0.29, 0.717) is 6.42 Å². The first-order valence-corrected chi connectivity index (χ1v) is 5.80. The fraction of sp³-hybridized carbons (Fsp3) is 1.00. The molecule has 70 valence electrons. The molecule has 4 nitrogen and oxygen atoms in total. The fourth-order valence-corrected chi connectivity index (χ4v) is 3.49. The van der Waals surface area contributed by atoms with Crippen LogP contribution in [-0.2, 0) is 10.1 Å². The Morgan fingerprint density at radius 2 is 2.00 bits per heavy atom. The summed E-state index contributed by atoms with van der Waals surface area (Å²) in [4.78, 5) is 2.17. The molecule has 0 aliphatic carbocycles. The Balaban J connectivity index is 2.20. The molecule has 0 radical (unpaired) electrons. The van der Waals surface area contributed by atoms with Gasteiger partial charge in [-0.05, 0) is 32.4 Å². The Kier molecular flexibility index (Phi) is 1.89.